The maximum Gasteiger partial charge on any atom is 0.400 e. The molecule has 3 N–H and O–H groups in total. The molecule has 0 radical (unpaired) electrons. The zero-order valence-electron chi connectivity index (χ0n) is 14.7. The van der Waals surface area contributed by atoms with Crippen LogP contribution in [0.5, 0.6) is 5.75 Å². The third-order valence-electron chi connectivity index (χ3n) is 4.03. The van der Waals surface area contributed by atoms with Crippen molar-refractivity contribution in [2.24, 2.45) is 0 Å². The molecule has 3 rings (SSSR count). The second kappa shape index (κ2) is 8.19. The lowest BCUT2D eigenvalue weighted by atomic mass is 10.1. The van der Waals surface area contributed by atoms with Gasteiger partial charge in [-0.25, -0.2) is 0 Å². The number of rotatable bonds is 7. The van der Waals surface area contributed by atoms with Crippen LogP contribution in [0.15, 0.2) is 29.0 Å². The molecule has 0 aliphatic rings. The second-order valence-corrected chi connectivity index (χ2v) is 9.70. The van der Waals surface area contributed by atoms with Crippen LogP contribution >= 0.6 is 34.9 Å². The van der Waals surface area contributed by atoms with E-state index in [0.29, 0.717) is 22.5 Å². The van der Waals surface area contributed by atoms with Crippen molar-refractivity contribution in [3.05, 3.63) is 33.9 Å². The van der Waals surface area contributed by atoms with E-state index in [1.54, 1.807) is 0 Å². The molecule has 2 heterocycles. The van der Waals surface area contributed by atoms with Gasteiger partial charge in [-0.3, -0.25) is 9.66 Å². The van der Waals surface area contributed by atoms with E-state index in [1.165, 1.54) is 24.5 Å². The van der Waals surface area contributed by atoms with E-state index in [0.717, 1.165) is 0 Å². The lowest BCUT2D eigenvalue weighted by Crippen LogP contribution is -2.12. The van der Waals surface area contributed by atoms with Crippen molar-refractivity contribution in [3.63, 3.8) is 0 Å². The monoisotopic (exact) mass is 534 g/mol. The summed E-state index contributed by atoms with van der Waals surface area (Å²) in [6.07, 6.45) is -2.83. The summed E-state index contributed by atoms with van der Waals surface area (Å²) in [7, 11) is -5.83. The number of halogens is 6. The van der Waals surface area contributed by atoms with Crippen LogP contribution in [0.4, 0.5) is 22.0 Å². The molecular weight excluding hydrogens is 522 g/mol. The quantitative estimate of drug-likeness (QED) is 0.196. The summed E-state index contributed by atoms with van der Waals surface area (Å²) in [5, 5.41) is 6.54. The maximum absolute atomic E-state index is 14.3. The van der Waals surface area contributed by atoms with Gasteiger partial charge >= 0.3 is 19.4 Å². The Kier molecular flexibility index (Phi) is 6.32. The minimum atomic E-state index is -5.83. The summed E-state index contributed by atoms with van der Waals surface area (Å²) in [5.41, 5.74) is -3.44. The fraction of sp³-hybridized carbons (Fsp3) is 0.312. The smallest absolute Gasteiger partial charge is 0.400 e. The number of ether oxygens (including phenoxy) is 1. The largest absolute Gasteiger partial charge is 0.492 e. The average molecular weight is 535 g/mol. The van der Waals surface area contributed by atoms with Crippen molar-refractivity contribution in [1.82, 2.24) is 10.2 Å². The molecule has 6 nitrogen and oxygen atoms in total. The number of benzene rings is 1. The lowest BCUT2D eigenvalue weighted by molar-refractivity contribution is -0.136. The number of nitrogens with zero attached hydrogens (tertiary/aromatic N) is 1. The number of aromatic amines is 1. The van der Waals surface area contributed by atoms with Crippen molar-refractivity contribution < 1.29 is 41.0 Å². The van der Waals surface area contributed by atoms with Gasteiger partial charge in [0, 0.05) is 28.0 Å². The summed E-state index contributed by atoms with van der Waals surface area (Å²) < 4.78 is 82.4. The van der Waals surface area contributed by atoms with Gasteiger partial charge in [-0.15, -0.1) is 11.3 Å². The van der Waals surface area contributed by atoms with Gasteiger partial charge in [0.2, 0.25) is 0 Å². The van der Waals surface area contributed by atoms with Crippen molar-refractivity contribution in [1.29, 1.82) is 0 Å². The third-order valence-corrected chi connectivity index (χ3v) is 7.51. The van der Waals surface area contributed by atoms with Crippen molar-refractivity contribution in [2.45, 2.75) is 24.7 Å². The summed E-state index contributed by atoms with van der Waals surface area (Å²) in [6.45, 7) is -0.330. The van der Waals surface area contributed by atoms with Gasteiger partial charge in [-0.05, 0) is 40.0 Å². The van der Waals surface area contributed by atoms with Crippen LogP contribution in [0.1, 0.15) is 17.7 Å². The Balaban J connectivity index is 2.08. The van der Waals surface area contributed by atoms with Gasteiger partial charge in [0.05, 0.1) is 17.5 Å². The Bertz CT molecular complexity index is 1100. The SMILES string of the molecule is O=P(O)(O)C(F)(F)c1sc2c(OCCCC(F)(F)F)cc(-c3cn[nH]c3)cc2c1Br. The molecule has 0 spiro atoms. The molecule has 0 unspecified atom stereocenters. The molecule has 0 fully saturated rings. The van der Waals surface area contributed by atoms with Crippen LogP contribution in [-0.2, 0) is 10.2 Å². The molecule has 2 aromatic heterocycles. The lowest BCUT2D eigenvalue weighted by Gasteiger charge is -2.16. The first-order valence-electron chi connectivity index (χ1n) is 8.20. The van der Waals surface area contributed by atoms with Crippen molar-refractivity contribution >= 4 is 44.9 Å². The molecule has 0 aliphatic carbocycles. The molecule has 0 saturated heterocycles. The number of nitrogens with one attached hydrogen (secondary N) is 1. The summed E-state index contributed by atoms with van der Waals surface area (Å²) >= 11 is 3.37. The number of fused-ring (bicyclic) bond motifs is 1. The minimum absolute atomic E-state index is 0.0179. The van der Waals surface area contributed by atoms with Crippen molar-refractivity contribution in [2.75, 3.05) is 6.61 Å². The van der Waals surface area contributed by atoms with Gasteiger partial charge in [0.1, 0.15) is 10.6 Å². The first-order valence-corrected chi connectivity index (χ1v) is 11.4. The molecule has 0 amide bonds. The van der Waals surface area contributed by atoms with E-state index < -0.39 is 30.7 Å². The first-order chi connectivity index (χ1) is 13.8. The fourth-order valence-corrected chi connectivity index (χ4v) is 5.58. The molecular formula is C16H13BrF5N2O4PS. The van der Waals surface area contributed by atoms with E-state index in [2.05, 4.69) is 26.1 Å². The molecule has 1 aromatic carbocycles. The van der Waals surface area contributed by atoms with Gasteiger partial charge in [-0.1, -0.05) is 0 Å². The number of hydrogen-bond donors (Lipinski definition) is 3. The minimum Gasteiger partial charge on any atom is -0.492 e. The molecule has 0 aliphatic heterocycles. The molecule has 3 aromatic rings. The van der Waals surface area contributed by atoms with Gasteiger partial charge < -0.3 is 14.5 Å². The summed E-state index contributed by atoms with van der Waals surface area (Å²) in [6, 6.07) is 2.94. The van der Waals surface area contributed by atoms with Crippen LogP contribution in [0, 0.1) is 0 Å². The highest BCUT2D eigenvalue weighted by molar-refractivity contribution is 9.10. The average Bonchev–Trinajstić information content (AvgIpc) is 3.25. The molecule has 14 heteroatoms. The molecule has 0 bridgehead atoms. The Morgan fingerprint density at radius 3 is 2.47 bits per heavy atom. The second-order valence-electron chi connectivity index (χ2n) is 6.24. The highest BCUT2D eigenvalue weighted by atomic mass is 79.9. The molecule has 164 valence electrons. The Morgan fingerprint density at radius 1 is 1.20 bits per heavy atom. The zero-order chi connectivity index (χ0) is 22.3. The van der Waals surface area contributed by atoms with Crippen LogP contribution in [0.2, 0.25) is 0 Å². The normalized spacial score (nSPS) is 13.2. The van der Waals surface area contributed by atoms with Gasteiger partial charge in [0.15, 0.2) is 0 Å². The molecule has 0 saturated carbocycles. The maximum atomic E-state index is 14.3. The van der Waals surface area contributed by atoms with Crippen LogP contribution in [0.3, 0.4) is 0 Å². The summed E-state index contributed by atoms with van der Waals surface area (Å²) in [4.78, 5) is 17.2. The van der Waals surface area contributed by atoms with Gasteiger partial charge in [-0.2, -0.15) is 27.1 Å². The van der Waals surface area contributed by atoms with E-state index in [9.17, 15) is 26.5 Å². The number of aromatic nitrogens is 2. The van der Waals surface area contributed by atoms with E-state index in [-0.39, 0.29) is 33.3 Å². The van der Waals surface area contributed by atoms with E-state index in [1.807, 2.05) is 0 Å². The zero-order valence-corrected chi connectivity index (χ0v) is 18.0. The third kappa shape index (κ3) is 4.70. The Morgan fingerprint density at radius 2 is 1.90 bits per heavy atom. The summed E-state index contributed by atoms with van der Waals surface area (Å²) in [5.74, 6) is 0.0179. The highest BCUT2D eigenvalue weighted by Gasteiger charge is 2.53. The number of hydrogen-bond acceptors (Lipinski definition) is 4. The van der Waals surface area contributed by atoms with Crippen LogP contribution in [0.25, 0.3) is 21.2 Å². The van der Waals surface area contributed by atoms with Gasteiger partial charge in [0.25, 0.3) is 0 Å². The number of alkyl halides is 5. The Hall–Kier alpha value is -1.53. The standard InChI is InChI=1S/C16H13BrF5N2O4PS/c17-12-10-4-8(9-6-23-24-7-9)5-11(28-3-1-2-15(18,19)20)13(10)30-14(12)16(21,22)29(25,26)27/h4-7H,1-3H2,(H,23,24)(H2,25,26,27). The van der Waals surface area contributed by atoms with E-state index in [4.69, 9.17) is 14.5 Å². The number of thiophene rings is 1. The predicted octanol–water partition coefficient (Wildman–Crippen LogP) is 6.00. The topological polar surface area (TPSA) is 95.4 Å². The van der Waals surface area contributed by atoms with Crippen molar-refractivity contribution in [3.8, 4) is 16.9 Å². The fourth-order valence-electron chi connectivity index (χ4n) is 2.60. The Labute approximate surface area is 178 Å². The first kappa shape index (κ1) is 23.1. The van der Waals surface area contributed by atoms with Crippen LogP contribution < -0.4 is 4.74 Å². The predicted molar refractivity (Wildman–Crippen MR) is 104 cm³/mol. The van der Waals surface area contributed by atoms with E-state index >= 15 is 0 Å². The number of H-pyrrole nitrogens is 1. The van der Waals surface area contributed by atoms with Crippen LogP contribution in [-0.4, -0.2) is 32.8 Å². The molecule has 30 heavy (non-hydrogen) atoms. The highest BCUT2D eigenvalue weighted by Crippen LogP contribution is 2.63. The molecule has 0 atom stereocenters.